The lowest BCUT2D eigenvalue weighted by molar-refractivity contribution is -0.138. The van der Waals surface area contributed by atoms with Gasteiger partial charge in [-0.1, -0.05) is 58.0 Å². The minimum absolute atomic E-state index is 0.0734. The van der Waals surface area contributed by atoms with Crippen LogP contribution in [-0.2, 0) is 22.0 Å². The second kappa shape index (κ2) is 7.03. The van der Waals surface area contributed by atoms with Crippen LogP contribution in [0.3, 0.4) is 0 Å². The smallest absolute Gasteiger partial charge is 0.311 e. The number of aliphatic carboxylic acids is 1. The number of hydrogen-bond acceptors (Lipinski definition) is 2. The molecule has 0 saturated heterocycles. The topological polar surface area (TPSA) is 46.5 Å². The minimum atomic E-state index is -0.779. The zero-order chi connectivity index (χ0) is 19.8. The normalized spacial score (nSPS) is 18.4. The molecule has 0 aliphatic heterocycles. The van der Waals surface area contributed by atoms with Gasteiger partial charge in [0.15, 0.2) is 0 Å². The monoisotopic (exact) mass is 366 g/mol. The number of carboxylic acid groups (broad SMARTS) is 1. The molecule has 1 atom stereocenters. The first-order chi connectivity index (χ1) is 12.6. The predicted molar refractivity (Wildman–Crippen MR) is 109 cm³/mol. The van der Waals surface area contributed by atoms with E-state index in [9.17, 15) is 9.90 Å². The minimum Gasteiger partial charge on any atom is -0.497 e. The standard InChI is InChI=1S/C24H30O3/c1-23(2)12-13-24(3,4)21-15-17(8-11-20(21)23)19(22(25)26)14-16-6-9-18(27-5)10-7-16/h6-11,15,19H,12-14H2,1-5H3,(H,25,26). The van der Waals surface area contributed by atoms with Crippen LogP contribution < -0.4 is 4.74 Å². The molecule has 3 heteroatoms. The van der Waals surface area contributed by atoms with Crippen LogP contribution in [0.1, 0.15) is 68.7 Å². The SMILES string of the molecule is COc1ccc(CC(C(=O)O)c2ccc3c(c2)C(C)(C)CCC3(C)C)cc1. The van der Waals surface area contributed by atoms with Crippen LogP contribution in [0.15, 0.2) is 42.5 Å². The van der Waals surface area contributed by atoms with Gasteiger partial charge in [0.05, 0.1) is 13.0 Å². The molecule has 2 aromatic rings. The van der Waals surface area contributed by atoms with Gasteiger partial charge in [-0.15, -0.1) is 0 Å². The zero-order valence-corrected chi connectivity index (χ0v) is 17.0. The van der Waals surface area contributed by atoms with E-state index in [0.717, 1.165) is 29.7 Å². The molecular weight excluding hydrogens is 336 g/mol. The fraction of sp³-hybridized carbons (Fsp3) is 0.458. The molecule has 0 amide bonds. The van der Waals surface area contributed by atoms with Crippen LogP contribution in [-0.4, -0.2) is 18.2 Å². The highest BCUT2D eigenvalue weighted by Gasteiger charge is 2.37. The van der Waals surface area contributed by atoms with Crippen LogP contribution in [0.5, 0.6) is 5.75 Å². The molecule has 144 valence electrons. The lowest BCUT2D eigenvalue weighted by atomic mass is 9.62. The van der Waals surface area contributed by atoms with Gasteiger partial charge in [-0.25, -0.2) is 0 Å². The van der Waals surface area contributed by atoms with Gasteiger partial charge in [0, 0.05) is 0 Å². The van der Waals surface area contributed by atoms with Gasteiger partial charge in [0.2, 0.25) is 0 Å². The summed E-state index contributed by atoms with van der Waals surface area (Å²) in [6.07, 6.45) is 2.75. The van der Waals surface area contributed by atoms with Crippen molar-refractivity contribution in [3.63, 3.8) is 0 Å². The van der Waals surface area contributed by atoms with Crippen molar-refractivity contribution in [1.29, 1.82) is 0 Å². The van der Waals surface area contributed by atoms with E-state index in [1.165, 1.54) is 11.1 Å². The van der Waals surface area contributed by atoms with Gasteiger partial charge < -0.3 is 9.84 Å². The Kier molecular flexibility index (Phi) is 5.07. The fourth-order valence-electron chi connectivity index (χ4n) is 4.17. The molecule has 3 nitrogen and oxygen atoms in total. The number of rotatable bonds is 5. The number of benzene rings is 2. The number of methoxy groups -OCH3 is 1. The first-order valence-corrected chi connectivity index (χ1v) is 9.65. The molecule has 0 radical (unpaired) electrons. The number of carboxylic acids is 1. The molecule has 3 rings (SSSR count). The number of fused-ring (bicyclic) bond motifs is 1. The van der Waals surface area contributed by atoms with Gasteiger partial charge in [0.25, 0.3) is 0 Å². The van der Waals surface area contributed by atoms with Gasteiger partial charge in [-0.05, 0) is 64.5 Å². The number of ether oxygens (including phenoxy) is 1. The molecule has 1 N–H and O–H groups in total. The predicted octanol–water partition coefficient (Wildman–Crippen LogP) is 5.46. The molecule has 27 heavy (non-hydrogen) atoms. The summed E-state index contributed by atoms with van der Waals surface area (Å²) in [5.74, 6) is -0.549. The fourth-order valence-corrected chi connectivity index (χ4v) is 4.17. The Morgan fingerprint density at radius 2 is 1.59 bits per heavy atom. The third kappa shape index (κ3) is 3.87. The highest BCUT2D eigenvalue weighted by Crippen LogP contribution is 2.46. The molecule has 0 bridgehead atoms. The van der Waals surface area contributed by atoms with Gasteiger partial charge >= 0.3 is 5.97 Å². The summed E-state index contributed by atoms with van der Waals surface area (Å²) in [6, 6.07) is 14.0. The van der Waals surface area contributed by atoms with E-state index < -0.39 is 11.9 Å². The maximum absolute atomic E-state index is 12.1. The average molecular weight is 367 g/mol. The van der Waals surface area contributed by atoms with Crippen molar-refractivity contribution in [2.75, 3.05) is 7.11 Å². The molecule has 1 aliphatic rings. The average Bonchev–Trinajstić information content (AvgIpc) is 2.63. The van der Waals surface area contributed by atoms with Crippen LogP contribution in [0.2, 0.25) is 0 Å². The second-order valence-electron chi connectivity index (χ2n) is 9.02. The molecule has 0 aromatic heterocycles. The largest absolute Gasteiger partial charge is 0.497 e. The molecule has 0 saturated carbocycles. The van der Waals surface area contributed by atoms with E-state index in [0.29, 0.717) is 6.42 Å². The Morgan fingerprint density at radius 1 is 1.00 bits per heavy atom. The van der Waals surface area contributed by atoms with E-state index in [-0.39, 0.29) is 10.8 Å². The summed E-state index contributed by atoms with van der Waals surface area (Å²) < 4.78 is 5.19. The molecule has 0 fully saturated rings. The van der Waals surface area contributed by atoms with Crippen molar-refractivity contribution in [2.24, 2.45) is 0 Å². The zero-order valence-electron chi connectivity index (χ0n) is 17.0. The van der Waals surface area contributed by atoms with Gasteiger partial charge in [-0.2, -0.15) is 0 Å². The molecule has 1 aliphatic carbocycles. The first-order valence-electron chi connectivity index (χ1n) is 9.65. The Bertz CT molecular complexity index is 831. The highest BCUT2D eigenvalue weighted by atomic mass is 16.5. The number of carbonyl (C=O) groups is 1. The van der Waals surface area contributed by atoms with Gasteiger partial charge in [-0.3, -0.25) is 4.79 Å². The van der Waals surface area contributed by atoms with Crippen LogP contribution in [0.25, 0.3) is 0 Å². The maximum Gasteiger partial charge on any atom is 0.311 e. The summed E-state index contributed by atoms with van der Waals surface area (Å²) in [5.41, 5.74) is 4.76. The van der Waals surface area contributed by atoms with Crippen LogP contribution in [0, 0.1) is 0 Å². The van der Waals surface area contributed by atoms with Crippen LogP contribution in [0.4, 0.5) is 0 Å². The van der Waals surface area contributed by atoms with E-state index in [4.69, 9.17) is 4.74 Å². The van der Waals surface area contributed by atoms with Crippen molar-refractivity contribution in [1.82, 2.24) is 0 Å². The third-order valence-corrected chi connectivity index (χ3v) is 6.18. The lowest BCUT2D eigenvalue weighted by Gasteiger charge is -2.42. The Labute approximate surface area is 162 Å². The summed E-state index contributed by atoms with van der Waals surface area (Å²) in [7, 11) is 1.63. The third-order valence-electron chi connectivity index (χ3n) is 6.18. The lowest BCUT2D eigenvalue weighted by Crippen LogP contribution is -2.34. The highest BCUT2D eigenvalue weighted by molar-refractivity contribution is 5.77. The molecule has 1 unspecified atom stereocenters. The van der Waals surface area contributed by atoms with Crippen molar-refractivity contribution in [3.05, 3.63) is 64.7 Å². The Morgan fingerprint density at radius 3 is 2.15 bits per heavy atom. The summed E-state index contributed by atoms with van der Waals surface area (Å²) in [5, 5.41) is 9.90. The maximum atomic E-state index is 12.1. The summed E-state index contributed by atoms with van der Waals surface area (Å²) in [6.45, 7) is 9.10. The molecule has 2 aromatic carbocycles. The number of hydrogen-bond donors (Lipinski definition) is 1. The van der Waals surface area contributed by atoms with E-state index >= 15 is 0 Å². The molecule has 0 spiro atoms. The van der Waals surface area contributed by atoms with Crippen molar-refractivity contribution < 1.29 is 14.6 Å². The van der Waals surface area contributed by atoms with Crippen molar-refractivity contribution >= 4 is 5.97 Å². The van der Waals surface area contributed by atoms with Crippen molar-refractivity contribution in [3.8, 4) is 5.75 Å². The summed E-state index contributed by atoms with van der Waals surface area (Å²) >= 11 is 0. The van der Waals surface area contributed by atoms with Crippen LogP contribution >= 0.6 is 0 Å². The van der Waals surface area contributed by atoms with Gasteiger partial charge in [0.1, 0.15) is 5.75 Å². The Balaban J connectivity index is 1.98. The summed E-state index contributed by atoms with van der Waals surface area (Å²) in [4.78, 5) is 12.1. The van der Waals surface area contributed by atoms with Crippen molar-refractivity contribution in [2.45, 2.75) is 63.7 Å². The first kappa shape index (κ1) is 19.5. The van der Waals surface area contributed by atoms with E-state index in [1.807, 2.05) is 30.3 Å². The quantitative estimate of drug-likeness (QED) is 0.765. The van der Waals surface area contributed by atoms with E-state index in [2.05, 4.69) is 39.8 Å². The molecular formula is C24H30O3. The Hall–Kier alpha value is -2.29. The molecule has 0 heterocycles. The second-order valence-corrected chi connectivity index (χ2v) is 9.02. The van der Waals surface area contributed by atoms with E-state index in [1.54, 1.807) is 7.11 Å².